The predicted molar refractivity (Wildman–Crippen MR) is 605 cm³/mol. The summed E-state index contributed by atoms with van der Waals surface area (Å²) in [5, 5.41) is 22.1. The van der Waals surface area contributed by atoms with Gasteiger partial charge in [-0.25, -0.2) is 0 Å². The fourth-order valence-corrected chi connectivity index (χ4v) is 25.4. The Labute approximate surface area is 833 Å². The van der Waals surface area contributed by atoms with Crippen LogP contribution in [0.5, 0.6) is 0 Å². The van der Waals surface area contributed by atoms with Gasteiger partial charge in [0.1, 0.15) is 22.3 Å². The van der Waals surface area contributed by atoms with Crippen molar-refractivity contribution in [2.45, 2.75) is 78.6 Å². The number of furan rings is 2. The molecule has 142 heavy (non-hydrogen) atoms. The Bertz CT molecular complexity index is 9330. The minimum atomic E-state index is -0.485. The van der Waals surface area contributed by atoms with Crippen LogP contribution in [0.4, 0.5) is 34.1 Å². The van der Waals surface area contributed by atoms with Crippen LogP contribution in [0.15, 0.2) is 421 Å². The van der Waals surface area contributed by atoms with E-state index in [0.717, 1.165) is 222 Å². The largest absolute Gasteiger partial charge is 0.456 e. The number of hydrogen-bond donors (Lipinski definition) is 0. The van der Waals surface area contributed by atoms with Gasteiger partial charge in [0.05, 0.1) is 34.0 Å². The quantitative estimate of drug-likeness (QED) is 0.114. The zero-order chi connectivity index (χ0) is 95.5. The van der Waals surface area contributed by atoms with Gasteiger partial charge >= 0.3 is 0 Å². The summed E-state index contributed by atoms with van der Waals surface area (Å²) < 4.78 is 21.7. The van der Waals surface area contributed by atoms with E-state index in [2.05, 4.69) is 489 Å². The van der Waals surface area contributed by atoms with Gasteiger partial charge in [0.15, 0.2) is 0 Å². The number of nitriles is 1. The Hall–Kier alpha value is -16.6. The number of benzene rings is 20. The predicted octanol–water partition coefficient (Wildman–Crippen LogP) is 36.2. The third-order valence-corrected chi connectivity index (χ3v) is 32.3. The number of thiophene rings is 2. The first-order valence-corrected chi connectivity index (χ1v) is 50.9. The maximum atomic E-state index is 11.0. The van der Waals surface area contributed by atoms with Gasteiger partial charge in [0, 0.05) is 123 Å². The van der Waals surface area contributed by atoms with E-state index in [0.29, 0.717) is 5.56 Å². The first-order chi connectivity index (χ1) is 69.2. The summed E-state index contributed by atoms with van der Waals surface area (Å²) in [6.07, 6.45) is 0. The Morgan fingerprint density at radius 3 is 1.15 bits per heavy atom. The van der Waals surface area contributed by atoms with Crippen molar-refractivity contribution in [3.63, 3.8) is 0 Å². The highest BCUT2D eigenvalue weighted by Crippen LogP contribution is 2.60. The van der Waals surface area contributed by atoms with Crippen molar-refractivity contribution in [1.82, 2.24) is 4.57 Å². The molecule has 0 spiro atoms. The average molecular weight is 1860 g/mol. The van der Waals surface area contributed by atoms with Crippen molar-refractivity contribution in [3.8, 4) is 112 Å². The Morgan fingerprint density at radius 1 is 0.254 bits per heavy atom. The second-order valence-electron chi connectivity index (χ2n) is 41.6. The minimum Gasteiger partial charge on any atom is -0.456 e. The first-order valence-electron chi connectivity index (χ1n) is 49.2. The van der Waals surface area contributed by atoms with Gasteiger partial charge in [0.2, 0.25) is 0 Å². The maximum absolute atomic E-state index is 11.0. The molecular weight excluding hydrogens is 1760 g/mol. The molecule has 7 heterocycles. The lowest BCUT2D eigenvalue weighted by Crippen LogP contribution is -2.61. The normalized spacial score (nSPS) is 12.8. The van der Waals surface area contributed by atoms with Crippen LogP contribution in [-0.2, 0) is 16.2 Å². The molecular formula is C133H95BN4O2S2. The van der Waals surface area contributed by atoms with Gasteiger partial charge in [0.25, 0.3) is 6.71 Å². The number of hydrogen-bond acceptors (Lipinski definition) is 7. The molecule has 2 aliphatic rings. The van der Waals surface area contributed by atoms with Gasteiger partial charge in [-0.05, 0) is 285 Å². The second kappa shape index (κ2) is 32.2. The van der Waals surface area contributed by atoms with Gasteiger partial charge in [-0.2, -0.15) is 5.26 Å². The lowest BCUT2D eigenvalue weighted by molar-refractivity contribution is 0.590. The molecule has 0 radical (unpaired) electrons. The van der Waals surface area contributed by atoms with Crippen molar-refractivity contribution in [1.29, 1.82) is 5.26 Å². The third kappa shape index (κ3) is 13.5. The van der Waals surface area contributed by atoms with Crippen molar-refractivity contribution in [2.24, 2.45) is 0 Å². The van der Waals surface area contributed by atoms with Gasteiger partial charge in [-0.15, -0.1) is 22.7 Å². The summed E-state index contributed by atoms with van der Waals surface area (Å²) >= 11 is 3.72. The van der Waals surface area contributed by atoms with Crippen LogP contribution in [0.1, 0.15) is 84.6 Å². The van der Waals surface area contributed by atoms with E-state index in [9.17, 15) is 5.26 Å². The molecule has 0 saturated heterocycles. The van der Waals surface area contributed by atoms with E-state index in [1.807, 2.05) is 28.7 Å². The summed E-state index contributed by atoms with van der Waals surface area (Å²) in [6, 6.07) is 158. The molecule has 0 unspecified atom stereocenters. The van der Waals surface area contributed by atoms with E-state index in [1.165, 1.54) is 57.0 Å². The van der Waals surface area contributed by atoms with E-state index >= 15 is 0 Å². The smallest absolute Gasteiger partial charge is 0.252 e. The monoisotopic (exact) mass is 1850 g/mol. The molecule has 27 rings (SSSR count). The van der Waals surface area contributed by atoms with E-state index in [-0.39, 0.29) is 10.8 Å². The number of para-hydroxylation sites is 2. The molecule has 0 amide bonds. The molecule has 2 aliphatic heterocycles. The number of fused-ring (bicyclic) bond motifs is 19. The fourth-order valence-electron chi connectivity index (χ4n) is 23.1. The summed E-state index contributed by atoms with van der Waals surface area (Å²) in [7, 11) is 0. The Balaban J connectivity index is 0.879. The van der Waals surface area contributed by atoms with E-state index < -0.39 is 12.1 Å². The molecule has 0 bridgehead atoms. The molecule has 6 nitrogen and oxygen atoms in total. The highest BCUT2D eigenvalue weighted by Gasteiger charge is 2.47. The van der Waals surface area contributed by atoms with Crippen LogP contribution in [0, 0.1) is 11.3 Å². The zero-order valence-corrected chi connectivity index (χ0v) is 81.9. The molecule has 25 aromatic rings. The summed E-state index contributed by atoms with van der Waals surface area (Å²) in [5.74, 6) is 0. The SMILES string of the molecule is CC(C)(C)c1cc(-c2cccc3oc4ccccc4c23)c(N2c3ccc(-c4cccc(-c5ccccc5)c4)cc3B3c4ccc(-n5c6ccc(C#N)cc6c6cc(C(C)(C)C)ccc65)cc4N(c4c(-c5cccc6oc7ccccc7c56)cc(C(C)(C)C)cc4-c4cccc5sc6ccccc6c45)c4cc(-c5cc(-c6ccccc6)cc(-c6ccccc6)c5)cc2c43)c(-c2cccc3sc4ccccc4c23)c1. The summed E-state index contributed by atoms with van der Waals surface area (Å²) in [4.78, 5) is 5.54. The highest BCUT2D eigenvalue weighted by atomic mass is 32.1. The molecule has 0 atom stereocenters. The summed E-state index contributed by atoms with van der Waals surface area (Å²) in [6.45, 7) is 20.7. The molecule has 674 valence electrons. The lowest BCUT2D eigenvalue weighted by atomic mass is 9.33. The van der Waals surface area contributed by atoms with Crippen LogP contribution >= 0.6 is 22.7 Å². The third-order valence-electron chi connectivity index (χ3n) is 30.0. The van der Waals surface area contributed by atoms with E-state index in [4.69, 9.17) is 8.83 Å². The Morgan fingerprint density at radius 2 is 0.641 bits per heavy atom. The molecule has 20 aromatic carbocycles. The number of nitrogens with zero attached hydrogens (tertiary/aromatic N) is 4. The standard InChI is InChI=1S/C133H95BN4O2S2/c1-131(2,3)90-58-63-111-103(72-90)102-64-79(78-135)56-61-110(102)136(111)93-59-60-108-113(77-93)138(130-105(95-45-29-51-119-125(95)99-41-20-24-49-117(99)140-119)74-92(133(7,8)9)76-107(130)97-47-31-55-123-127(97)101-43-22-26-53-121(101)142-123)115-71-89(88-67-86(81-34-15-11-16-35-81)66-87(68-88)82-36-17-12-18-37-82)70-114-128(115)134(108)109-69-85(84-39-27-38-83(65-84)80-32-13-10-14-33-80)57-62-112(109)137(114)129-104(94-44-28-50-118-124(94)98-40-19-23-48-116(98)139-118)73-91(132(4,5)6)75-106(129)96-46-30-54-122-126(96)100-42-21-25-52-120(100)141-122/h10-77H,1-9H3. The topological polar surface area (TPSA) is 61.5 Å². The maximum Gasteiger partial charge on any atom is 0.252 e. The molecule has 0 saturated carbocycles. The van der Waals surface area contributed by atoms with Crippen LogP contribution in [0.2, 0.25) is 0 Å². The van der Waals surface area contributed by atoms with Crippen LogP contribution in [-0.4, -0.2) is 11.3 Å². The average Bonchev–Trinajstić information content (AvgIpc) is 0.733. The zero-order valence-electron chi connectivity index (χ0n) is 80.3. The number of aromatic nitrogens is 1. The highest BCUT2D eigenvalue weighted by molar-refractivity contribution is 7.26. The van der Waals surface area contributed by atoms with Crippen molar-refractivity contribution < 1.29 is 8.83 Å². The van der Waals surface area contributed by atoms with Crippen LogP contribution in [0.25, 0.3) is 212 Å². The van der Waals surface area contributed by atoms with Gasteiger partial charge < -0.3 is 23.2 Å². The fraction of sp³-hybridized carbons (Fsp3) is 0.0902. The molecule has 0 fully saturated rings. The van der Waals surface area contributed by atoms with Crippen LogP contribution < -0.4 is 26.2 Å². The van der Waals surface area contributed by atoms with Gasteiger partial charge in [-0.1, -0.05) is 317 Å². The second-order valence-corrected chi connectivity index (χ2v) is 43.8. The van der Waals surface area contributed by atoms with Gasteiger partial charge in [-0.3, -0.25) is 0 Å². The van der Waals surface area contributed by atoms with E-state index in [1.54, 1.807) is 0 Å². The van der Waals surface area contributed by atoms with Crippen molar-refractivity contribution >= 4 is 186 Å². The summed E-state index contributed by atoms with van der Waals surface area (Å²) in [5.41, 5.74) is 38.7. The lowest BCUT2D eigenvalue weighted by Gasteiger charge is -2.46. The Kier molecular flexibility index (Phi) is 19.2. The molecule has 0 N–H and O–H groups in total. The molecule has 5 aromatic heterocycles. The molecule has 9 heteroatoms. The minimum absolute atomic E-state index is 0.186. The number of rotatable bonds is 12. The van der Waals surface area contributed by atoms with Crippen molar-refractivity contribution in [2.75, 3.05) is 9.80 Å². The van der Waals surface area contributed by atoms with Crippen molar-refractivity contribution in [3.05, 3.63) is 435 Å². The first kappa shape index (κ1) is 84.7. The number of anilines is 6. The molecule has 0 aliphatic carbocycles. The van der Waals surface area contributed by atoms with Crippen LogP contribution in [0.3, 0.4) is 0 Å².